The molecule has 5 nitrogen and oxygen atoms in total. The summed E-state index contributed by atoms with van der Waals surface area (Å²) in [6.45, 7) is 4.35. The summed E-state index contributed by atoms with van der Waals surface area (Å²) in [4.78, 5) is 13.1. The molecule has 0 saturated carbocycles. The molecule has 3 rings (SSSR count). The number of benzene rings is 2. The van der Waals surface area contributed by atoms with Crippen molar-refractivity contribution in [2.24, 2.45) is 0 Å². The first-order valence-corrected chi connectivity index (χ1v) is 11.3. The topological polar surface area (TPSA) is 66.5 Å². The second-order valence-corrected chi connectivity index (χ2v) is 9.43. The average molecular weight is 421 g/mol. The lowest BCUT2D eigenvalue weighted by Crippen LogP contribution is -2.46. The molecule has 28 heavy (non-hydrogen) atoms. The fourth-order valence-electron chi connectivity index (χ4n) is 3.52. The molecule has 1 amide bonds. The number of hydrogen-bond donors (Lipinski definition) is 1. The maximum absolute atomic E-state index is 13.0. The predicted octanol–water partition coefficient (Wildman–Crippen LogP) is 4.07. The van der Waals surface area contributed by atoms with Gasteiger partial charge in [0.2, 0.25) is 15.9 Å². The van der Waals surface area contributed by atoms with Crippen LogP contribution in [0, 0.1) is 6.92 Å². The molecule has 150 valence electrons. The SMILES string of the molecule is CC[C@H](NC(=O)[C@@H]1CCCN1S(=O)(=O)c1ccc(Cl)cc1)c1ccc(C)cc1. The summed E-state index contributed by atoms with van der Waals surface area (Å²) >= 11 is 5.87. The number of nitrogens with zero attached hydrogens (tertiary/aromatic N) is 1. The summed E-state index contributed by atoms with van der Waals surface area (Å²) in [6, 6.07) is 13.2. The van der Waals surface area contributed by atoms with Crippen molar-refractivity contribution in [3.8, 4) is 0 Å². The lowest BCUT2D eigenvalue weighted by molar-refractivity contribution is -0.125. The van der Waals surface area contributed by atoms with Gasteiger partial charge < -0.3 is 5.32 Å². The highest BCUT2D eigenvalue weighted by Gasteiger charge is 2.39. The quantitative estimate of drug-likeness (QED) is 0.765. The largest absolute Gasteiger partial charge is 0.348 e. The highest BCUT2D eigenvalue weighted by molar-refractivity contribution is 7.89. The van der Waals surface area contributed by atoms with Crippen LogP contribution in [0.2, 0.25) is 5.02 Å². The number of carbonyl (C=O) groups excluding carboxylic acids is 1. The number of hydrogen-bond acceptors (Lipinski definition) is 3. The van der Waals surface area contributed by atoms with Crippen LogP contribution < -0.4 is 5.32 Å². The van der Waals surface area contributed by atoms with Gasteiger partial charge in [0.15, 0.2) is 0 Å². The molecule has 2 aromatic carbocycles. The van der Waals surface area contributed by atoms with Gasteiger partial charge in [0.1, 0.15) is 6.04 Å². The summed E-state index contributed by atoms with van der Waals surface area (Å²) < 4.78 is 27.4. The van der Waals surface area contributed by atoms with Gasteiger partial charge in [-0.3, -0.25) is 4.79 Å². The molecule has 1 saturated heterocycles. The molecule has 1 N–H and O–H groups in total. The number of rotatable bonds is 6. The molecule has 0 spiro atoms. The summed E-state index contributed by atoms with van der Waals surface area (Å²) in [5.74, 6) is -0.248. The molecule has 2 aromatic rings. The van der Waals surface area contributed by atoms with E-state index in [2.05, 4.69) is 5.32 Å². The van der Waals surface area contributed by atoms with Crippen molar-refractivity contribution in [3.63, 3.8) is 0 Å². The Morgan fingerprint density at radius 3 is 2.43 bits per heavy atom. The number of sulfonamides is 1. The standard InChI is InChI=1S/C21H25ClN2O3S/c1-3-19(16-8-6-15(2)7-9-16)23-21(25)20-5-4-14-24(20)28(26,27)18-12-10-17(22)11-13-18/h6-13,19-20H,3-5,14H2,1-2H3,(H,23,25)/t19-,20-/m0/s1. The van der Waals surface area contributed by atoms with Crippen LogP contribution in [0.1, 0.15) is 43.4 Å². The Labute approximate surface area is 171 Å². The van der Waals surface area contributed by atoms with Crippen molar-refractivity contribution in [3.05, 3.63) is 64.7 Å². The molecule has 1 aliphatic heterocycles. The van der Waals surface area contributed by atoms with Crippen molar-refractivity contribution in [1.82, 2.24) is 9.62 Å². The molecule has 0 aromatic heterocycles. The third-order valence-electron chi connectivity index (χ3n) is 5.13. The van der Waals surface area contributed by atoms with Crippen LogP contribution in [0.3, 0.4) is 0 Å². The van der Waals surface area contributed by atoms with E-state index in [1.165, 1.54) is 16.4 Å². The highest BCUT2D eigenvalue weighted by Crippen LogP contribution is 2.28. The molecule has 0 aliphatic carbocycles. The first-order valence-electron chi connectivity index (χ1n) is 9.47. The van der Waals surface area contributed by atoms with Crippen molar-refractivity contribution < 1.29 is 13.2 Å². The summed E-state index contributed by atoms with van der Waals surface area (Å²) in [6.07, 6.45) is 1.90. The molecule has 1 aliphatic rings. The zero-order valence-corrected chi connectivity index (χ0v) is 17.6. The van der Waals surface area contributed by atoms with Gasteiger partial charge in [-0.1, -0.05) is 48.4 Å². The zero-order valence-electron chi connectivity index (χ0n) is 16.1. The van der Waals surface area contributed by atoms with E-state index in [4.69, 9.17) is 11.6 Å². The third kappa shape index (κ3) is 4.40. The number of halogens is 1. The van der Waals surface area contributed by atoms with Crippen LogP contribution >= 0.6 is 11.6 Å². The van der Waals surface area contributed by atoms with Crippen LogP contribution in [-0.4, -0.2) is 31.2 Å². The summed E-state index contributed by atoms with van der Waals surface area (Å²) in [5.41, 5.74) is 2.17. The van der Waals surface area contributed by atoms with E-state index in [1.54, 1.807) is 12.1 Å². The van der Waals surface area contributed by atoms with Gasteiger partial charge >= 0.3 is 0 Å². The summed E-state index contributed by atoms with van der Waals surface area (Å²) in [7, 11) is -3.75. The van der Waals surface area contributed by atoms with Crippen molar-refractivity contribution >= 4 is 27.5 Å². The normalized spacial score (nSPS) is 18.8. The molecule has 0 radical (unpaired) electrons. The third-order valence-corrected chi connectivity index (χ3v) is 7.31. The van der Waals surface area contributed by atoms with Crippen LogP contribution in [0.15, 0.2) is 53.4 Å². The first kappa shape index (κ1) is 20.8. The Balaban J connectivity index is 1.78. The van der Waals surface area contributed by atoms with Gasteiger partial charge in [-0.05, 0) is 56.0 Å². The lowest BCUT2D eigenvalue weighted by Gasteiger charge is -2.26. The molecular formula is C21H25ClN2O3S. The second kappa shape index (κ2) is 8.64. The average Bonchev–Trinajstić information content (AvgIpc) is 3.18. The maximum Gasteiger partial charge on any atom is 0.243 e. The molecule has 0 unspecified atom stereocenters. The highest BCUT2D eigenvalue weighted by atomic mass is 35.5. The van der Waals surface area contributed by atoms with E-state index >= 15 is 0 Å². The van der Waals surface area contributed by atoms with Crippen molar-refractivity contribution in [1.29, 1.82) is 0 Å². The minimum Gasteiger partial charge on any atom is -0.348 e. The Hall–Kier alpha value is -1.89. The van der Waals surface area contributed by atoms with E-state index in [0.29, 0.717) is 24.4 Å². The molecule has 0 bridgehead atoms. The van der Waals surface area contributed by atoms with Gasteiger partial charge in [-0.15, -0.1) is 0 Å². The lowest BCUT2D eigenvalue weighted by atomic mass is 10.0. The van der Waals surface area contributed by atoms with Gasteiger partial charge in [-0.25, -0.2) is 8.42 Å². The minimum absolute atomic E-state index is 0.145. The number of carbonyl (C=O) groups is 1. The van der Waals surface area contributed by atoms with E-state index < -0.39 is 16.1 Å². The number of amides is 1. The predicted molar refractivity (Wildman–Crippen MR) is 111 cm³/mol. The Bertz CT molecular complexity index is 927. The minimum atomic E-state index is -3.75. The Morgan fingerprint density at radius 2 is 1.82 bits per heavy atom. The van der Waals surface area contributed by atoms with Crippen molar-refractivity contribution in [2.45, 2.75) is 50.1 Å². The Kier molecular flexibility index (Phi) is 6.43. The van der Waals surface area contributed by atoms with Crippen LogP contribution in [0.5, 0.6) is 0 Å². The second-order valence-electron chi connectivity index (χ2n) is 7.11. The summed E-state index contributed by atoms with van der Waals surface area (Å²) in [5, 5.41) is 3.51. The number of nitrogens with one attached hydrogen (secondary N) is 1. The molecule has 1 fully saturated rings. The molecule has 1 heterocycles. The van der Waals surface area contributed by atoms with Crippen molar-refractivity contribution in [2.75, 3.05) is 6.54 Å². The van der Waals surface area contributed by atoms with Gasteiger partial charge in [0.25, 0.3) is 0 Å². The maximum atomic E-state index is 13.0. The van der Waals surface area contributed by atoms with E-state index in [1.807, 2.05) is 38.1 Å². The van der Waals surface area contributed by atoms with E-state index in [-0.39, 0.29) is 16.8 Å². The van der Waals surface area contributed by atoms with Crippen LogP contribution in [-0.2, 0) is 14.8 Å². The fraction of sp³-hybridized carbons (Fsp3) is 0.381. The van der Waals surface area contributed by atoms with Gasteiger partial charge in [-0.2, -0.15) is 4.31 Å². The van der Waals surface area contributed by atoms with E-state index in [9.17, 15) is 13.2 Å². The Morgan fingerprint density at radius 1 is 1.18 bits per heavy atom. The van der Waals surface area contributed by atoms with Crippen LogP contribution in [0.4, 0.5) is 0 Å². The molecule has 2 atom stereocenters. The molecule has 7 heteroatoms. The van der Waals surface area contributed by atoms with Gasteiger partial charge in [0, 0.05) is 11.6 Å². The van der Waals surface area contributed by atoms with Gasteiger partial charge in [0.05, 0.1) is 10.9 Å². The van der Waals surface area contributed by atoms with E-state index in [0.717, 1.165) is 17.5 Å². The monoisotopic (exact) mass is 420 g/mol. The zero-order chi connectivity index (χ0) is 20.3. The first-order chi connectivity index (χ1) is 13.3. The van der Waals surface area contributed by atoms with Crippen LogP contribution in [0.25, 0.3) is 0 Å². The molecular weight excluding hydrogens is 396 g/mol. The fourth-order valence-corrected chi connectivity index (χ4v) is 5.30. The number of aryl methyl sites for hydroxylation is 1. The smallest absolute Gasteiger partial charge is 0.243 e.